The number of rotatable bonds is 5. The Hall–Kier alpha value is -1.06. The minimum atomic E-state index is -0.481. The van der Waals surface area contributed by atoms with Crippen molar-refractivity contribution in [1.82, 2.24) is 0 Å². The Morgan fingerprint density at radius 1 is 1.33 bits per heavy atom. The average Bonchev–Trinajstić information content (AvgIpc) is 2.29. The van der Waals surface area contributed by atoms with Crippen molar-refractivity contribution < 1.29 is 9.84 Å². The Labute approximate surface area is 90.9 Å². The van der Waals surface area contributed by atoms with E-state index in [0.717, 1.165) is 17.7 Å². The summed E-state index contributed by atoms with van der Waals surface area (Å²) in [6, 6.07) is 7.48. The van der Waals surface area contributed by atoms with Crippen LogP contribution in [-0.2, 0) is 0 Å². The maximum absolute atomic E-state index is 9.86. The molecule has 0 aromatic heterocycles. The second-order valence-corrected chi connectivity index (χ2v) is 3.69. The van der Waals surface area contributed by atoms with Gasteiger partial charge >= 0.3 is 0 Å². The van der Waals surface area contributed by atoms with Gasteiger partial charge in [-0.05, 0) is 30.5 Å². The number of hydrogen-bond acceptors (Lipinski definition) is 3. The molecule has 2 unspecified atom stereocenters. The molecule has 0 aliphatic rings. The summed E-state index contributed by atoms with van der Waals surface area (Å²) in [6.45, 7) is 2.02. The number of aliphatic hydroxyl groups is 1. The smallest absolute Gasteiger partial charge is 0.118 e. The fourth-order valence-electron chi connectivity index (χ4n) is 1.42. The zero-order valence-electron chi connectivity index (χ0n) is 9.31. The largest absolute Gasteiger partial charge is 0.497 e. The first-order chi connectivity index (χ1) is 7.17. The van der Waals surface area contributed by atoms with Crippen molar-refractivity contribution in [1.29, 1.82) is 0 Å². The standard InChI is InChI=1S/C12H19NO2/c1-3-10(13)8-12(14)9-4-6-11(15-2)7-5-9/h4-7,10,12,14H,3,8,13H2,1-2H3. The molecule has 84 valence electrons. The first-order valence-electron chi connectivity index (χ1n) is 5.25. The lowest BCUT2D eigenvalue weighted by molar-refractivity contribution is 0.157. The lowest BCUT2D eigenvalue weighted by Crippen LogP contribution is -2.21. The molecule has 0 amide bonds. The number of aliphatic hydroxyl groups excluding tert-OH is 1. The van der Waals surface area contributed by atoms with Crippen LogP contribution >= 0.6 is 0 Å². The van der Waals surface area contributed by atoms with Crippen LogP contribution in [0.3, 0.4) is 0 Å². The minimum absolute atomic E-state index is 0.0575. The number of hydrogen-bond donors (Lipinski definition) is 2. The molecule has 1 aromatic rings. The lowest BCUT2D eigenvalue weighted by atomic mass is 10.0. The van der Waals surface area contributed by atoms with Gasteiger partial charge < -0.3 is 15.6 Å². The van der Waals surface area contributed by atoms with E-state index in [1.54, 1.807) is 7.11 Å². The fourth-order valence-corrected chi connectivity index (χ4v) is 1.42. The number of nitrogens with two attached hydrogens (primary N) is 1. The molecule has 0 fully saturated rings. The van der Waals surface area contributed by atoms with Crippen molar-refractivity contribution in [3.8, 4) is 5.75 Å². The zero-order valence-corrected chi connectivity index (χ0v) is 9.31. The second kappa shape index (κ2) is 5.73. The molecule has 0 spiro atoms. The molecule has 0 saturated carbocycles. The number of benzene rings is 1. The maximum atomic E-state index is 9.86. The van der Waals surface area contributed by atoms with Gasteiger partial charge in [-0.2, -0.15) is 0 Å². The van der Waals surface area contributed by atoms with Gasteiger partial charge in [-0.25, -0.2) is 0 Å². The average molecular weight is 209 g/mol. The molecule has 0 radical (unpaired) electrons. The van der Waals surface area contributed by atoms with Crippen LogP contribution in [0.5, 0.6) is 5.75 Å². The topological polar surface area (TPSA) is 55.5 Å². The Morgan fingerprint density at radius 2 is 1.93 bits per heavy atom. The highest BCUT2D eigenvalue weighted by molar-refractivity contribution is 5.28. The van der Waals surface area contributed by atoms with Gasteiger partial charge in [-0.15, -0.1) is 0 Å². The maximum Gasteiger partial charge on any atom is 0.118 e. The lowest BCUT2D eigenvalue weighted by Gasteiger charge is -2.15. The molecular formula is C12H19NO2. The monoisotopic (exact) mass is 209 g/mol. The van der Waals surface area contributed by atoms with Crippen LogP contribution in [0.2, 0.25) is 0 Å². The summed E-state index contributed by atoms with van der Waals surface area (Å²) in [6.07, 6.45) is 1.00. The molecule has 2 atom stereocenters. The zero-order chi connectivity index (χ0) is 11.3. The summed E-state index contributed by atoms with van der Waals surface area (Å²) in [5.41, 5.74) is 6.67. The van der Waals surface area contributed by atoms with Crippen LogP contribution in [-0.4, -0.2) is 18.3 Å². The van der Waals surface area contributed by atoms with Crippen LogP contribution in [0.1, 0.15) is 31.4 Å². The minimum Gasteiger partial charge on any atom is -0.497 e. The fraction of sp³-hybridized carbons (Fsp3) is 0.500. The molecule has 15 heavy (non-hydrogen) atoms. The molecule has 3 N–H and O–H groups in total. The Balaban J connectivity index is 2.61. The van der Waals surface area contributed by atoms with Gasteiger partial charge in [0, 0.05) is 6.04 Å². The summed E-state index contributed by atoms with van der Waals surface area (Å²) in [7, 11) is 1.62. The first-order valence-corrected chi connectivity index (χ1v) is 5.25. The van der Waals surface area contributed by atoms with Gasteiger partial charge in [0.2, 0.25) is 0 Å². The molecule has 0 bridgehead atoms. The van der Waals surface area contributed by atoms with E-state index in [-0.39, 0.29) is 6.04 Å². The molecule has 3 nitrogen and oxygen atoms in total. The van der Waals surface area contributed by atoms with Crippen molar-refractivity contribution in [2.24, 2.45) is 5.73 Å². The van der Waals surface area contributed by atoms with Gasteiger partial charge in [0.15, 0.2) is 0 Å². The van der Waals surface area contributed by atoms with E-state index in [9.17, 15) is 5.11 Å². The van der Waals surface area contributed by atoms with Crippen LogP contribution in [0, 0.1) is 0 Å². The van der Waals surface area contributed by atoms with E-state index in [1.807, 2.05) is 31.2 Å². The SMILES string of the molecule is CCC(N)CC(O)c1ccc(OC)cc1. The molecular weight excluding hydrogens is 190 g/mol. The van der Waals surface area contributed by atoms with Gasteiger partial charge in [-0.3, -0.25) is 0 Å². The van der Waals surface area contributed by atoms with Crippen molar-refractivity contribution in [2.45, 2.75) is 31.9 Å². The Bertz CT molecular complexity index is 284. The summed E-state index contributed by atoms with van der Waals surface area (Å²) in [5, 5.41) is 9.86. The van der Waals surface area contributed by atoms with E-state index in [0.29, 0.717) is 6.42 Å². The number of ether oxygens (including phenoxy) is 1. The van der Waals surface area contributed by atoms with Gasteiger partial charge in [-0.1, -0.05) is 19.1 Å². The van der Waals surface area contributed by atoms with Crippen molar-refractivity contribution >= 4 is 0 Å². The van der Waals surface area contributed by atoms with Crippen molar-refractivity contribution in [3.63, 3.8) is 0 Å². The first kappa shape index (κ1) is 12.0. The third-order valence-electron chi connectivity index (χ3n) is 2.55. The molecule has 0 saturated heterocycles. The van der Waals surface area contributed by atoms with Crippen LogP contribution in [0.15, 0.2) is 24.3 Å². The van der Waals surface area contributed by atoms with Crippen LogP contribution < -0.4 is 10.5 Å². The Kier molecular flexibility index (Phi) is 4.59. The van der Waals surface area contributed by atoms with Gasteiger partial charge in [0.1, 0.15) is 5.75 Å². The summed E-state index contributed by atoms with van der Waals surface area (Å²) in [5.74, 6) is 0.797. The van der Waals surface area contributed by atoms with E-state index in [4.69, 9.17) is 10.5 Å². The molecule has 1 rings (SSSR count). The molecule has 0 aliphatic carbocycles. The normalized spacial score (nSPS) is 14.7. The van der Waals surface area contributed by atoms with E-state index in [1.165, 1.54) is 0 Å². The summed E-state index contributed by atoms with van der Waals surface area (Å²) in [4.78, 5) is 0. The van der Waals surface area contributed by atoms with E-state index < -0.39 is 6.10 Å². The third kappa shape index (κ3) is 3.53. The molecule has 1 aromatic carbocycles. The molecule has 3 heteroatoms. The summed E-state index contributed by atoms with van der Waals surface area (Å²) >= 11 is 0. The van der Waals surface area contributed by atoms with E-state index >= 15 is 0 Å². The number of methoxy groups -OCH3 is 1. The van der Waals surface area contributed by atoms with Gasteiger partial charge in [0.05, 0.1) is 13.2 Å². The van der Waals surface area contributed by atoms with Crippen LogP contribution in [0.25, 0.3) is 0 Å². The third-order valence-corrected chi connectivity index (χ3v) is 2.55. The second-order valence-electron chi connectivity index (χ2n) is 3.69. The Morgan fingerprint density at radius 3 is 2.40 bits per heavy atom. The highest BCUT2D eigenvalue weighted by atomic mass is 16.5. The highest BCUT2D eigenvalue weighted by Gasteiger charge is 2.11. The van der Waals surface area contributed by atoms with Crippen LogP contribution in [0.4, 0.5) is 0 Å². The quantitative estimate of drug-likeness (QED) is 0.778. The molecule has 0 aliphatic heterocycles. The van der Waals surface area contributed by atoms with E-state index in [2.05, 4.69) is 0 Å². The predicted octanol–water partition coefficient (Wildman–Crippen LogP) is 1.86. The predicted molar refractivity (Wildman–Crippen MR) is 60.8 cm³/mol. The molecule has 0 heterocycles. The van der Waals surface area contributed by atoms with Gasteiger partial charge in [0.25, 0.3) is 0 Å². The summed E-state index contributed by atoms with van der Waals surface area (Å²) < 4.78 is 5.04. The highest BCUT2D eigenvalue weighted by Crippen LogP contribution is 2.21. The van der Waals surface area contributed by atoms with Crippen molar-refractivity contribution in [2.75, 3.05) is 7.11 Å². The van der Waals surface area contributed by atoms with Crippen molar-refractivity contribution in [3.05, 3.63) is 29.8 Å².